The fraction of sp³-hybridized carbons (Fsp3) is 0.0833. The molecule has 0 fully saturated rings. The molecule has 17 heavy (non-hydrogen) atoms. The monoisotopic (exact) mass is 245 g/mol. The van der Waals surface area contributed by atoms with Crippen LogP contribution in [0.4, 0.5) is 5.69 Å². The number of aromatic nitrogens is 2. The van der Waals surface area contributed by atoms with Crippen molar-refractivity contribution in [1.82, 2.24) is 9.97 Å². The van der Waals surface area contributed by atoms with E-state index in [1.165, 1.54) is 18.7 Å². The van der Waals surface area contributed by atoms with Crippen molar-refractivity contribution in [2.75, 3.05) is 5.32 Å². The second kappa shape index (κ2) is 5.45. The first-order chi connectivity index (χ1) is 8.24. The minimum absolute atomic E-state index is 0.0805. The van der Waals surface area contributed by atoms with Crippen molar-refractivity contribution < 1.29 is 4.79 Å². The molecule has 86 valence electrons. The van der Waals surface area contributed by atoms with Crippen molar-refractivity contribution >= 4 is 23.4 Å². The maximum absolute atomic E-state index is 10.9. The van der Waals surface area contributed by atoms with Crippen LogP contribution in [-0.2, 0) is 4.79 Å². The normalized spacial score (nSPS) is 9.94. The molecule has 0 saturated carbocycles. The first kappa shape index (κ1) is 11.6. The average molecular weight is 245 g/mol. The third-order valence-corrected chi connectivity index (χ3v) is 2.79. The Morgan fingerprint density at radius 3 is 2.71 bits per heavy atom. The lowest BCUT2D eigenvalue weighted by Gasteiger charge is -2.04. The van der Waals surface area contributed by atoms with Crippen molar-refractivity contribution in [3.8, 4) is 0 Å². The van der Waals surface area contributed by atoms with Gasteiger partial charge in [0.2, 0.25) is 5.91 Å². The van der Waals surface area contributed by atoms with E-state index in [1.807, 2.05) is 24.3 Å². The lowest BCUT2D eigenvalue weighted by atomic mass is 10.3. The maximum Gasteiger partial charge on any atom is 0.221 e. The van der Waals surface area contributed by atoms with E-state index in [9.17, 15) is 4.79 Å². The summed E-state index contributed by atoms with van der Waals surface area (Å²) in [4.78, 5) is 20.2. The van der Waals surface area contributed by atoms with Crippen LogP contribution in [0.25, 0.3) is 0 Å². The number of carbonyl (C=O) groups is 1. The number of anilines is 1. The summed E-state index contributed by atoms with van der Waals surface area (Å²) in [6, 6.07) is 9.35. The number of amides is 1. The summed E-state index contributed by atoms with van der Waals surface area (Å²) >= 11 is 1.46. The van der Waals surface area contributed by atoms with E-state index in [4.69, 9.17) is 0 Å². The van der Waals surface area contributed by atoms with Crippen LogP contribution >= 0.6 is 11.8 Å². The first-order valence-corrected chi connectivity index (χ1v) is 5.88. The molecule has 2 aromatic rings. The molecule has 1 amide bonds. The molecule has 0 atom stereocenters. The fourth-order valence-electron chi connectivity index (χ4n) is 1.28. The van der Waals surface area contributed by atoms with Crippen molar-refractivity contribution in [1.29, 1.82) is 0 Å². The third kappa shape index (κ3) is 3.57. The Kier molecular flexibility index (Phi) is 3.72. The lowest BCUT2D eigenvalue weighted by Crippen LogP contribution is -2.05. The summed E-state index contributed by atoms with van der Waals surface area (Å²) in [5.74, 6) is -0.0805. The summed E-state index contributed by atoms with van der Waals surface area (Å²) in [5.41, 5.74) is 0.776. The van der Waals surface area contributed by atoms with E-state index >= 15 is 0 Å². The highest BCUT2D eigenvalue weighted by molar-refractivity contribution is 7.99. The lowest BCUT2D eigenvalue weighted by molar-refractivity contribution is -0.114. The SMILES string of the molecule is CC(=O)Nc1cccc(Sc2ncccn2)c1. The van der Waals surface area contributed by atoms with Gasteiger partial charge in [0.25, 0.3) is 0 Å². The predicted octanol–water partition coefficient (Wildman–Crippen LogP) is 2.59. The van der Waals surface area contributed by atoms with Gasteiger partial charge in [-0.2, -0.15) is 0 Å². The summed E-state index contributed by atoms with van der Waals surface area (Å²) in [5, 5.41) is 3.43. The van der Waals surface area contributed by atoms with E-state index in [1.54, 1.807) is 18.5 Å². The minimum atomic E-state index is -0.0805. The number of nitrogens with one attached hydrogen (secondary N) is 1. The molecule has 1 N–H and O–H groups in total. The van der Waals surface area contributed by atoms with Gasteiger partial charge in [0, 0.05) is 29.9 Å². The number of hydrogen-bond donors (Lipinski definition) is 1. The zero-order valence-electron chi connectivity index (χ0n) is 9.25. The number of carbonyl (C=O) groups excluding carboxylic acids is 1. The predicted molar refractivity (Wildman–Crippen MR) is 66.9 cm³/mol. The molecular weight excluding hydrogens is 234 g/mol. The topological polar surface area (TPSA) is 54.9 Å². The van der Waals surface area contributed by atoms with Gasteiger partial charge in [-0.3, -0.25) is 4.79 Å². The standard InChI is InChI=1S/C12H11N3OS/c1-9(16)15-10-4-2-5-11(8-10)17-12-13-6-3-7-14-12/h2-8H,1H3,(H,15,16). The van der Waals surface area contributed by atoms with Gasteiger partial charge in [-0.25, -0.2) is 9.97 Å². The smallest absolute Gasteiger partial charge is 0.221 e. The van der Waals surface area contributed by atoms with Gasteiger partial charge in [-0.15, -0.1) is 0 Å². The molecule has 4 nitrogen and oxygen atoms in total. The molecule has 5 heteroatoms. The molecule has 0 radical (unpaired) electrons. The highest BCUT2D eigenvalue weighted by Crippen LogP contribution is 2.26. The molecule has 0 spiro atoms. The fourth-order valence-corrected chi connectivity index (χ4v) is 2.05. The Hall–Kier alpha value is -1.88. The summed E-state index contributed by atoms with van der Waals surface area (Å²) in [7, 11) is 0. The van der Waals surface area contributed by atoms with Crippen LogP contribution in [0.3, 0.4) is 0 Å². The largest absolute Gasteiger partial charge is 0.326 e. The minimum Gasteiger partial charge on any atom is -0.326 e. The Bertz CT molecular complexity index is 516. The second-order valence-corrected chi connectivity index (χ2v) is 4.38. The van der Waals surface area contributed by atoms with Crippen LogP contribution < -0.4 is 5.32 Å². The Morgan fingerprint density at radius 2 is 2.00 bits per heavy atom. The number of hydrogen-bond acceptors (Lipinski definition) is 4. The summed E-state index contributed by atoms with van der Waals surface area (Å²) < 4.78 is 0. The van der Waals surface area contributed by atoms with Gasteiger partial charge in [0.15, 0.2) is 5.16 Å². The molecule has 0 aliphatic rings. The number of rotatable bonds is 3. The summed E-state index contributed by atoms with van der Waals surface area (Å²) in [6.45, 7) is 1.49. The van der Waals surface area contributed by atoms with Crippen LogP contribution in [0.5, 0.6) is 0 Å². The highest BCUT2D eigenvalue weighted by atomic mass is 32.2. The van der Waals surface area contributed by atoms with Gasteiger partial charge in [-0.05, 0) is 36.0 Å². The molecule has 0 bridgehead atoms. The molecule has 0 unspecified atom stereocenters. The molecule has 0 saturated heterocycles. The molecule has 1 aromatic carbocycles. The quantitative estimate of drug-likeness (QED) is 0.844. The molecule has 0 aliphatic carbocycles. The van der Waals surface area contributed by atoms with E-state index in [0.717, 1.165) is 10.6 Å². The van der Waals surface area contributed by atoms with Gasteiger partial charge in [0.1, 0.15) is 0 Å². The van der Waals surface area contributed by atoms with Gasteiger partial charge >= 0.3 is 0 Å². The van der Waals surface area contributed by atoms with Gasteiger partial charge in [0.05, 0.1) is 0 Å². The van der Waals surface area contributed by atoms with Gasteiger partial charge < -0.3 is 5.32 Å². The first-order valence-electron chi connectivity index (χ1n) is 5.06. The van der Waals surface area contributed by atoms with Crippen LogP contribution in [0, 0.1) is 0 Å². The molecule has 1 aromatic heterocycles. The third-order valence-electron chi connectivity index (χ3n) is 1.91. The summed E-state index contributed by atoms with van der Waals surface area (Å²) in [6.07, 6.45) is 3.40. The van der Waals surface area contributed by atoms with Crippen molar-refractivity contribution in [2.24, 2.45) is 0 Å². The Balaban J connectivity index is 2.14. The van der Waals surface area contributed by atoms with E-state index in [-0.39, 0.29) is 5.91 Å². The Labute approximate surface area is 103 Å². The Morgan fingerprint density at radius 1 is 1.24 bits per heavy atom. The molecule has 1 heterocycles. The molecule has 0 aliphatic heterocycles. The van der Waals surface area contributed by atoms with Crippen LogP contribution in [-0.4, -0.2) is 15.9 Å². The van der Waals surface area contributed by atoms with Crippen LogP contribution in [0.15, 0.2) is 52.8 Å². The van der Waals surface area contributed by atoms with Crippen molar-refractivity contribution in [2.45, 2.75) is 17.0 Å². The zero-order chi connectivity index (χ0) is 12.1. The average Bonchev–Trinajstić information content (AvgIpc) is 2.30. The van der Waals surface area contributed by atoms with Gasteiger partial charge in [-0.1, -0.05) is 6.07 Å². The maximum atomic E-state index is 10.9. The van der Waals surface area contributed by atoms with Crippen LogP contribution in [0.2, 0.25) is 0 Å². The van der Waals surface area contributed by atoms with E-state index in [2.05, 4.69) is 15.3 Å². The number of nitrogens with zero attached hydrogens (tertiary/aromatic N) is 2. The highest BCUT2D eigenvalue weighted by Gasteiger charge is 2.01. The number of benzene rings is 1. The van der Waals surface area contributed by atoms with Crippen molar-refractivity contribution in [3.63, 3.8) is 0 Å². The molecule has 2 rings (SSSR count). The van der Waals surface area contributed by atoms with Crippen LogP contribution in [0.1, 0.15) is 6.92 Å². The van der Waals surface area contributed by atoms with E-state index < -0.39 is 0 Å². The zero-order valence-corrected chi connectivity index (χ0v) is 10.1. The van der Waals surface area contributed by atoms with Crippen molar-refractivity contribution in [3.05, 3.63) is 42.7 Å². The second-order valence-electron chi connectivity index (χ2n) is 3.34. The van der Waals surface area contributed by atoms with E-state index in [0.29, 0.717) is 5.16 Å². The molecular formula is C12H11N3OS.